The minimum Gasteiger partial charge on any atom is -0.343 e. The van der Waals surface area contributed by atoms with Gasteiger partial charge in [-0.3, -0.25) is 9.59 Å². The molecule has 1 aromatic carbocycles. The van der Waals surface area contributed by atoms with Crippen LogP contribution in [0.3, 0.4) is 0 Å². The second kappa shape index (κ2) is 8.59. The van der Waals surface area contributed by atoms with E-state index < -0.39 is 5.92 Å². The van der Waals surface area contributed by atoms with Crippen molar-refractivity contribution in [3.63, 3.8) is 0 Å². The number of ketones is 1. The first-order valence-electron chi connectivity index (χ1n) is 11.0. The Hall–Kier alpha value is -2.85. The highest BCUT2D eigenvalue weighted by atomic mass is 32.2. The average Bonchev–Trinajstić information content (AvgIpc) is 2.71. The molecule has 1 atom stereocenters. The van der Waals surface area contributed by atoms with Crippen LogP contribution in [0.1, 0.15) is 69.6 Å². The van der Waals surface area contributed by atoms with Gasteiger partial charge >= 0.3 is 0 Å². The molecule has 32 heavy (non-hydrogen) atoms. The summed E-state index contributed by atoms with van der Waals surface area (Å²) in [5, 5.41) is 13.1. The number of thioether (sulfide) groups is 1. The lowest BCUT2D eigenvalue weighted by molar-refractivity contribution is -0.118. The number of H-pyrrole nitrogens is 1. The zero-order chi connectivity index (χ0) is 23.0. The van der Waals surface area contributed by atoms with Gasteiger partial charge in [0.1, 0.15) is 5.82 Å². The normalized spacial score (nSPS) is 19.2. The molecule has 0 saturated heterocycles. The van der Waals surface area contributed by atoms with Gasteiger partial charge in [0.25, 0.3) is 5.56 Å². The number of hydrogen-bond donors (Lipinski definition) is 2. The average molecular weight is 449 g/mol. The first-order valence-corrected chi connectivity index (χ1v) is 12.0. The van der Waals surface area contributed by atoms with Crippen molar-refractivity contribution in [3.05, 3.63) is 62.6 Å². The summed E-state index contributed by atoms with van der Waals surface area (Å²) in [6.07, 6.45) is 2.18. The lowest BCUT2D eigenvalue weighted by Crippen LogP contribution is -2.37. The van der Waals surface area contributed by atoms with Crippen LogP contribution in [-0.2, 0) is 4.79 Å². The molecule has 0 radical (unpaired) electrons. The summed E-state index contributed by atoms with van der Waals surface area (Å²) in [6, 6.07) is 9.25. The second-order valence-electron chi connectivity index (χ2n) is 9.79. The minimum atomic E-state index is -0.497. The van der Waals surface area contributed by atoms with E-state index in [2.05, 4.69) is 44.1 Å². The fraction of sp³-hybridized carbons (Fsp3) is 0.440. The second-order valence-corrected chi connectivity index (χ2v) is 10.9. The molecule has 2 aromatic rings. The Morgan fingerprint density at radius 1 is 1.22 bits per heavy atom. The number of rotatable bonds is 5. The molecule has 2 aliphatic rings. The molecule has 6 nitrogen and oxygen atoms in total. The molecule has 7 heteroatoms. The van der Waals surface area contributed by atoms with Crippen LogP contribution >= 0.6 is 11.8 Å². The highest BCUT2D eigenvalue weighted by Gasteiger charge is 2.42. The van der Waals surface area contributed by atoms with Crippen LogP contribution in [0.4, 0.5) is 5.82 Å². The maximum absolute atomic E-state index is 13.3. The van der Waals surface area contributed by atoms with E-state index in [0.29, 0.717) is 46.4 Å². The first kappa shape index (κ1) is 22.3. The number of benzene rings is 1. The summed E-state index contributed by atoms with van der Waals surface area (Å²) >= 11 is 1.54. The number of anilines is 1. The maximum atomic E-state index is 13.3. The highest BCUT2D eigenvalue weighted by Crippen LogP contribution is 2.47. The number of hydrogen-bond acceptors (Lipinski definition) is 6. The van der Waals surface area contributed by atoms with Gasteiger partial charge in [-0.1, -0.05) is 51.6 Å². The number of nitriles is 1. The van der Waals surface area contributed by atoms with E-state index in [1.165, 1.54) is 0 Å². The Morgan fingerprint density at radius 3 is 2.59 bits per heavy atom. The Morgan fingerprint density at radius 2 is 1.94 bits per heavy atom. The summed E-state index contributed by atoms with van der Waals surface area (Å²) in [6.45, 7) is 8.51. The summed E-state index contributed by atoms with van der Waals surface area (Å²) < 4.78 is 0. The molecule has 4 rings (SSSR count). The number of nitrogens with one attached hydrogen (secondary N) is 2. The van der Waals surface area contributed by atoms with Crippen LogP contribution in [0.5, 0.6) is 0 Å². The predicted molar refractivity (Wildman–Crippen MR) is 127 cm³/mol. The fourth-order valence-electron chi connectivity index (χ4n) is 4.44. The summed E-state index contributed by atoms with van der Waals surface area (Å²) in [5.41, 5.74) is 2.93. The van der Waals surface area contributed by atoms with Crippen molar-refractivity contribution >= 4 is 23.4 Å². The third kappa shape index (κ3) is 4.37. The number of fused-ring (bicyclic) bond motifs is 1. The Kier molecular flexibility index (Phi) is 6.00. The van der Waals surface area contributed by atoms with Crippen molar-refractivity contribution in [1.29, 1.82) is 5.26 Å². The van der Waals surface area contributed by atoms with Crippen LogP contribution in [0.25, 0.3) is 0 Å². The standard InChI is InChI=1S/C25H28N4O2S/c1-14(2)9-10-32-24-28-22-21(23(31)29-24)19(16-7-5-15(13-26)6-8-16)20-17(27-22)11-25(3,4)12-18(20)30/h5-8,14,19H,9-12H2,1-4H3,(H2,27,28,29,31)/t19-/m1/s1. The first-order chi connectivity index (χ1) is 15.2. The lowest BCUT2D eigenvalue weighted by Gasteiger charge is -2.38. The van der Waals surface area contributed by atoms with Crippen LogP contribution in [0, 0.1) is 22.7 Å². The number of Topliss-reactive ketones (excluding diaryl/α,β-unsaturated/α-hetero) is 1. The summed E-state index contributed by atoms with van der Waals surface area (Å²) in [5.74, 6) is 1.54. The molecule has 2 heterocycles. The van der Waals surface area contributed by atoms with Crippen molar-refractivity contribution in [2.45, 2.75) is 58.0 Å². The summed E-state index contributed by atoms with van der Waals surface area (Å²) in [4.78, 5) is 34.2. The Bertz CT molecular complexity index is 1190. The Balaban J connectivity index is 1.83. The van der Waals surface area contributed by atoms with Gasteiger partial charge in [0.05, 0.1) is 17.2 Å². The van der Waals surface area contributed by atoms with E-state index in [0.717, 1.165) is 23.4 Å². The molecule has 0 fully saturated rings. The van der Waals surface area contributed by atoms with E-state index in [-0.39, 0.29) is 16.8 Å². The molecule has 0 saturated carbocycles. The lowest BCUT2D eigenvalue weighted by atomic mass is 9.69. The molecule has 0 bridgehead atoms. The zero-order valence-electron chi connectivity index (χ0n) is 18.9. The van der Waals surface area contributed by atoms with Gasteiger partial charge in [-0.25, -0.2) is 4.98 Å². The van der Waals surface area contributed by atoms with Gasteiger partial charge < -0.3 is 10.3 Å². The Labute approximate surface area is 192 Å². The number of aromatic amines is 1. The quantitative estimate of drug-likeness (QED) is 0.494. The molecule has 0 spiro atoms. The largest absolute Gasteiger partial charge is 0.343 e. The van der Waals surface area contributed by atoms with E-state index in [1.807, 2.05) is 12.1 Å². The fourth-order valence-corrected chi connectivity index (χ4v) is 5.54. The van der Waals surface area contributed by atoms with Gasteiger partial charge in [-0.15, -0.1) is 0 Å². The predicted octanol–water partition coefficient (Wildman–Crippen LogP) is 4.98. The highest BCUT2D eigenvalue weighted by molar-refractivity contribution is 7.99. The smallest absolute Gasteiger partial charge is 0.257 e. The zero-order valence-corrected chi connectivity index (χ0v) is 19.7. The number of allylic oxidation sites excluding steroid dienone is 2. The molecule has 0 unspecified atom stereocenters. The van der Waals surface area contributed by atoms with Crippen LogP contribution in [0.15, 0.2) is 45.5 Å². The number of nitrogens with zero attached hydrogens (tertiary/aromatic N) is 2. The number of aromatic nitrogens is 2. The third-order valence-electron chi connectivity index (χ3n) is 6.01. The SMILES string of the molecule is CC(C)CCSc1nc2c(c(=O)[nH]1)[C@H](c1ccc(C#N)cc1)C1=C(CC(C)(C)CC1=O)N2. The van der Waals surface area contributed by atoms with Crippen molar-refractivity contribution in [3.8, 4) is 6.07 Å². The molecular formula is C25H28N4O2S. The minimum absolute atomic E-state index is 0.0542. The van der Waals surface area contributed by atoms with E-state index in [4.69, 9.17) is 4.98 Å². The van der Waals surface area contributed by atoms with Crippen molar-refractivity contribution in [1.82, 2.24) is 9.97 Å². The molecule has 2 N–H and O–H groups in total. The number of carbonyl (C=O) groups is 1. The molecule has 166 valence electrons. The topological polar surface area (TPSA) is 98.6 Å². The van der Waals surface area contributed by atoms with Gasteiger partial charge in [0, 0.05) is 29.4 Å². The molecule has 1 aliphatic carbocycles. The molecular weight excluding hydrogens is 420 g/mol. The summed E-state index contributed by atoms with van der Waals surface area (Å²) in [7, 11) is 0. The van der Waals surface area contributed by atoms with Crippen molar-refractivity contribution in [2.24, 2.45) is 11.3 Å². The third-order valence-corrected chi connectivity index (χ3v) is 6.91. The van der Waals surface area contributed by atoms with Gasteiger partial charge in [-0.05, 0) is 41.9 Å². The van der Waals surface area contributed by atoms with Crippen LogP contribution in [-0.4, -0.2) is 21.5 Å². The number of carbonyl (C=O) groups excluding carboxylic acids is 1. The monoisotopic (exact) mass is 448 g/mol. The van der Waals surface area contributed by atoms with E-state index in [1.54, 1.807) is 23.9 Å². The van der Waals surface area contributed by atoms with E-state index in [9.17, 15) is 14.9 Å². The molecule has 0 amide bonds. The van der Waals surface area contributed by atoms with Gasteiger partial charge in [-0.2, -0.15) is 5.26 Å². The van der Waals surface area contributed by atoms with E-state index >= 15 is 0 Å². The van der Waals surface area contributed by atoms with Crippen LogP contribution < -0.4 is 10.9 Å². The maximum Gasteiger partial charge on any atom is 0.257 e. The molecule has 1 aliphatic heterocycles. The molecule has 1 aromatic heterocycles. The van der Waals surface area contributed by atoms with Crippen LogP contribution in [0.2, 0.25) is 0 Å². The van der Waals surface area contributed by atoms with Crippen molar-refractivity contribution < 1.29 is 4.79 Å². The van der Waals surface area contributed by atoms with Gasteiger partial charge in [0.15, 0.2) is 10.9 Å². The van der Waals surface area contributed by atoms with Gasteiger partial charge in [0.2, 0.25) is 0 Å². The van der Waals surface area contributed by atoms with Crippen molar-refractivity contribution in [2.75, 3.05) is 11.1 Å².